The highest BCUT2D eigenvalue weighted by Gasteiger charge is 2.09. The third kappa shape index (κ3) is 5.61. The maximum atomic E-state index is 13.1. The quantitative estimate of drug-likeness (QED) is 0.227. The lowest BCUT2D eigenvalue weighted by Crippen LogP contribution is -2.02. The van der Waals surface area contributed by atoms with E-state index in [1.54, 1.807) is 30.5 Å². The number of aromatic nitrogens is 1. The summed E-state index contributed by atoms with van der Waals surface area (Å²) in [5.41, 5.74) is 6.26. The first kappa shape index (κ1) is 21.3. The van der Waals surface area contributed by atoms with E-state index in [1.807, 2.05) is 35.7 Å². The normalized spacial score (nSPS) is 11.1. The molecule has 3 aromatic carbocycles. The second kappa shape index (κ2) is 9.92. The first-order chi connectivity index (χ1) is 15.1. The van der Waals surface area contributed by atoms with Crippen LogP contribution in [0.2, 0.25) is 10.0 Å². The van der Waals surface area contributed by atoms with Gasteiger partial charge in [-0.25, -0.2) is 9.37 Å². The molecule has 4 aromatic rings. The zero-order chi connectivity index (χ0) is 21.6. The summed E-state index contributed by atoms with van der Waals surface area (Å²) in [6, 6.07) is 19.1. The van der Waals surface area contributed by atoms with Gasteiger partial charge in [-0.15, -0.1) is 11.3 Å². The fraction of sp³-hybridized carbons (Fsp3) is 0.0435. The Balaban J connectivity index is 1.48. The molecule has 0 saturated heterocycles. The van der Waals surface area contributed by atoms with Gasteiger partial charge in [0, 0.05) is 27.1 Å². The molecule has 0 bridgehead atoms. The standard InChI is InChI=1S/C23H16Cl2FN3OS/c24-17-10-16(13-30-19-8-6-18(26)7-9-19)20(21(25)11-17)12-27-29-23-28-22(14-31-23)15-4-2-1-3-5-15/h1-12,14H,13H2,(H,28,29). The molecule has 0 aliphatic carbocycles. The lowest BCUT2D eigenvalue weighted by molar-refractivity contribution is 0.305. The monoisotopic (exact) mass is 471 g/mol. The van der Waals surface area contributed by atoms with Crippen LogP contribution in [0.4, 0.5) is 9.52 Å². The smallest absolute Gasteiger partial charge is 0.203 e. The topological polar surface area (TPSA) is 46.5 Å². The Morgan fingerprint density at radius 2 is 1.84 bits per heavy atom. The molecule has 1 aromatic heterocycles. The minimum absolute atomic E-state index is 0.197. The van der Waals surface area contributed by atoms with Crippen molar-refractivity contribution in [3.8, 4) is 17.0 Å². The summed E-state index contributed by atoms with van der Waals surface area (Å²) >= 11 is 14.0. The van der Waals surface area contributed by atoms with Crippen molar-refractivity contribution in [3.05, 3.63) is 99.1 Å². The number of hydrazone groups is 1. The van der Waals surface area contributed by atoms with Crippen LogP contribution in [0.3, 0.4) is 0 Å². The number of halogens is 3. The third-order valence-corrected chi connectivity index (χ3v) is 5.59. The second-order valence-corrected chi connectivity index (χ2v) is 8.18. The van der Waals surface area contributed by atoms with Crippen LogP contribution in [0.25, 0.3) is 11.3 Å². The number of benzene rings is 3. The molecule has 1 N–H and O–H groups in total. The lowest BCUT2D eigenvalue weighted by Gasteiger charge is -2.11. The molecule has 0 spiro atoms. The number of hydrogen-bond acceptors (Lipinski definition) is 5. The van der Waals surface area contributed by atoms with Crippen LogP contribution >= 0.6 is 34.5 Å². The van der Waals surface area contributed by atoms with Gasteiger partial charge in [-0.05, 0) is 36.4 Å². The summed E-state index contributed by atoms with van der Waals surface area (Å²) < 4.78 is 18.8. The number of hydrogen-bond donors (Lipinski definition) is 1. The van der Waals surface area contributed by atoms with Gasteiger partial charge in [0.25, 0.3) is 0 Å². The zero-order valence-corrected chi connectivity index (χ0v) is 18.4. The number of thiazole rings is 1. The number of ether oxygens (including phenoxy) is 1. The minimum Gasteiger partial charge on any atom is -0.489 e. The van der Waals surface area contributed by atoms with Gasteiger partial charge in [0.15, 0.2) is 0 Å². The van der Waals surface area contributed by atoms with Gasteiger partial charge in [0.1, 0.15) is 18.2 Å². The molecule has 0 atom stereocenters. The van der Waals surface area contributed by atoms with E-state index in [4.69, 9.17) is 27.9 Å². The van der Waals surface area contributed by atoms with E-state index in [1.165, 1.54) is 23.5 Å². The van der Waals surface area contributed by atoms with E-state index in [2.05, 4.69) is 15.5 Å². The molecule has 1 heterocycles. The maximum Gasteiger partial charge on any atom is 0.203 e. The Kier molecular flexibility index (Phi) is 6.82. The van der Waals surface area contributed by atoms with Crippen LogP contribution in [0.5, 0.6) is 5.75 Å². The molecule has 0 unspecified atom stereocenters. The lowest BCUT2D eigenvalue weighted by atomic mass is 10.1. The van der Waals surface area contributed by atoms with Crippen LogP contribution in [0.15, 0.2) is 77.2 Å². The first-order valence-electron chi connectivity index (χ1n) is 9.25. The summed E-state index contributed by atoms with van der Waals surface area (Å²) in [5.74, 6) is 0.212. The first-order valence-corrected chi connectivity index (χ1v) is 10.9. The van der Waals surface area contributed by atoms with Crippen molar-refractivity contribution in [2.24, 2.45) is 5.10 Å². The highest BCUT2D eigenvalue weighted by atomic mass is 35.5. The highest BCUT2D eigenvalue weighted by molar-refractivity contribution is 7.14. The van der Waals surface area contributed by atoms with Crippen molar-refractivity contribution in [2.75, 3.05) is 5.43 Å². The van der Waals surface area contributed by atoms with Crippen molar-refractivity contribution in [3.63, 3.8) is 0 Å². The maximum absolute atomic E-state index is 13.1. The van der Waals surface area contributed by atoms with Crippen molar-refractivity contribution >= 4 is 45.9 Å². The van der Waals surface area contributed by atoms with Gasteiger partial charge in [0.05, 0.1) is 16.9 Å². The summed E-state index contributed by atoms with van der Waals surface area (Å²) in [4.78, 5) is 4.54. The summed E-state index contributed by atoms with van der Waals surface area (Å²) in [6.45, 7) is 0.197. The third-order valence-electron chi connectivity index (χ3n) is 4.32. The van der Waals surface area contributed by atoms with Crippen molar-refractivity contribution in [1.82, 2.24) is 4.98 Å². The zero-order valence-electron chi connectivity index (χ0n) is 16.1. The number of nitrogens with zero attached hydrogens (tertiary/aromatic N) is 2. The Morgan fingerprint density at radius 1 is 1.06 bits per heavy atom. The summed E-state index contributed by atoms with van der Waals surface area (Å²) in [7, 11) is 0. The molecule has 0 fully saturated rings. The Bertz CT molecular complexity index is 1200. The predicted molar refractivity (Wildman–Crippen MR) is 126 cm³/mol. The number of anilines is 1. The van der Waals surface area contributed by atoms with Crippen LogP contribution in [-0.2, 0) is 6.61 Å². The van der Waals surface area contributed by atoms with Gasteiger partial charge >= 0.3 is 0 Å². The fourth-order valence-corrected chi connectivity index (χ4v) is 4.07. The predicted octanol–water partition coefficient (Wildman–Crippen LogP) is 7.28. The molecule has 0 aliphatic rings. The van der Waals surface area contributed by atoms with Crippen LogP contribution in [0.1, 0.15) is 11.1 Å². The Hall–Kier alpha value is -2.93. The number of nitrogens with one attached hydrogen (secondary N) is 1. The molecule has 156 valence electrons. The average molecular weight is 472 g/mol. The van der Waals surface area contributed by atoms with E-state index >= 15 is 0 Å². The molecule has 31 heavy (non-hydrogen) atoms. The van der Waals surface area contributed by atoms with Crippen molar-refractivity contribution < 1.29 is 9.13 Å². The van der Waals surface area contributed by atoms with E-state index < -0.39 is 0 Å². The van der Waals surface area contributed by atoms with E-state index in [0.717, 1.165) is 16.8 Å². The molecule has 4 nitrogen and oxygen atoms in total. The van der Waals surface area contributed by atoms with Crippen LogP contribution in [-0.4, -0.2) is 11.2 Å². The van der Waals surface area contributed by atoms with E-state index in [0.29, 0.717) is 26.5 Å². The molecule has 4 rings (SSSR count). The molecule has 0 aliphatic heterocycles. The van der Waals surface area contributed by atoms with Crippen molar-refractivity contribution in [1.29, 1.82) is 0 Å². The molecule has 8 heteroatoms. The molecule has 0 radical (unpaired) electrons. The van der Waals surface area contributed by atoms with Gasteiger partial charge in [-0.1, -0.05) is 53.5 Å². The van der Waals surface area contributed by atoms with E-state index in [-0.39, 0.29) is 12.4 Å². The number of rotatable bonds is 7. The molecular weight excluding hydrogens is 456 g/mol. The summed E-state index contributed by atoms with van der Waals surface area (Å²) in [5, 5.41) is 7.83. The van der Waals surface area contributed by atoms with Gasteiger partial charge in [0.2, 0.25) is 5.13 Å². The van der Waals surface area contributed by atoms with Crippen molar-refractivity contribution in [2.45, 2.75) is 6.61 Å². The fourth-order valence-electron chi connectivity index (χ4n) is 2.81. The van der Waals surface area contributed by atoms with E-state index in [9.17, 15) is 4.39 Å². The largest absolute Gasteiger partial charge is 0.489 e. The van der Waals surface area contributed by atoms with Gasteiger partial charge in [-0.3, -0.25) is 5.43 Å². The van der Waals surface area contributed by atoms with Crippen LogP contribution < -0.4 is 10.2 Å². The average Bonchev–Trinajstić information content (AvgIpc) is 3.24. The molecule has 0 saturated carbocycles. The Morgan fingerprint density at radius 3 is 2.61 bits per heavy atom. The highest BCUT2D eigenvalue weighted by Crippen LogP contribution is 2.27. The Labute approximate surface area is 192 Å². The van der Waals surface area contributed by atoms with Gasteiger partial charge < -0.3 is 4.74 Å². The molecular formula is C23H16Cl2FN3OS. The SMILES string of the molecule is Fc1ccc(OCc2cc(Cl)cc(Cl)c2C=NNc2nc(-c3ccccc3)cs2)cc1. The van der Waals surface area contributed by atoms with Crippen LogP contribution in [0, 0.1) is 5.82 Å². The second-order valence-electron chi connectivity index (χ2n) is 6.48. The minimum atomic E-state index is -0.324. The molecule has 0 amide bonds. The van der Waals surface area contributed by atoms with Gasteiger partial charge in [-0.2, -0.15) is 5.10 Å². The summed E-state index contributed by atoms with van der Waals surface area (Å²) in [6.07, 6.45) is 1.60.